The maximum atomic E-state index is 12.1. The first-order valence-electron chi connectivity index (χ1n) is 6.52. The van der Waals surface area contributed by atoms with E-state index in [1.165, 1.54) is 0 Å². The van der Waals surface area contributed by atoms with Crippen molar-refractivity contribution in [3.63, 3.8) is 0 Å². The summed E-state index contributed by atoms with van der Waals surface area (Å²) in [5.74, 6) is 0.146. The molecule has 1 unspecified atom stereocenters. The number of aliphatic hydroxyl groups excluding tert-OH is 1. The molecule has 1 atom stereocenters. The quantitative estimate of drug-likeness (QED) is 0.891. The molecule has 0 heterocycles. The van der Waals surface area contributed by atoms with Crippen molar-refractivity contribution in [2.75, 3.05) is 5.32 Å². The lowest BCUT2D eigenvalue weighted by Gasteiger charge is -2.16. The van der Waals surface area contributed by atoms with E-state index in [1.54, 1.807) is 55.5 Å². The van der Waals surface area contributed by atoms with Crippen LogP contribution in [0.15, 0.2) is 48.5 Å². The van der Waals surface area contributed by atoms with Crippen molar-refractivity contribution in [2.24, 2.45) is 0 Å². The average Bonchev–Trinajstić information content (AvgIpc) is 2.50. The van der Waals surface area contributed by atoms with Crippen LogP contribution in [0.25, 0.3) is 0 Å². The van der Waals surface area contributed by atoms with Gasteiger partial charge in [-0.2, -0.15) is 0 Å². The van der Waals surface area contributed by atoms with Crippen LogP contribution in [-0.2, 0) is 11.4 Å². The van der Waals surface area contributed by atoms with E-state index in [2.05, 4.69) is 5.32 Å². The summed E-state index contributed by atoms with van der Waals surface area (Å²) in [5.41, 5.74) is 1.22. The summed E-state index contributed by atoms with van der Waals surface area (Å²) in [4.78, 5) is 12.1. The van der Waals surface area contributed by atoms with E-state index in [9.17, 15) is 9.90 Å². The molecule has 0 aliphatic carbocycles. The summed E-state index contributed by atoms with van der Waals surface area (Å²) in [7, 11) is 0. The third kappa shape index (κ3) is 3.97. The highest BCUT2D eigenvalue weighted by Crippen LogP contribution is 2.24. The number of para-hydroxylation sites is 2. The summed E-state index contributed by atoms with van der Waals surface area (Å²) in [5, 5.41) is 12.4. The van der Waals surface area contributed by atoms with Gasteiger partial charge >= 0.3 is 0 Å². The van der Waals surface area contributed by atoms with Gasteiger partial charge in [0.1, 0.15) is 5.75 Å². The third-order valence-corrected chi connectivity index (χ3v) is 3.27. The van der Waals surface area contributed by atoms with Crippen molar-refractivity contribution in [1.82, 2.24) is 0 Å². The molecule has 0 fully saturated rings. The molecule has 4 nitrogen and oxygen atoms in total. The maximum absolute atomic E-state index is 12.1. The number of hydrogen-bond acceptors (Lipinski definition) is 3. The number of carbonyl (C=O) groups is 1. The van der Waals surface area contributed by atoms with Gasteiger partial charge in [0.05, 0.1) is 11.6 Å². The first-order valence-corrected chi connectivity index (χ1v) is 6.90. The van der Waals surface area contributed by atoms with Crippen LogP contribution in [-0.4, -0.2) is 17.1 Å². The molecule has 0 aromatic heterocycles. The van der Waals surface area contributed by atoms with Gasteiger partial charge in [0.2, 0.25) is 0 Å². The standard InChI is InChI=1S/C16H16ClNO3/c1-11(21-15-9-5-3-7-13(15)17)16(20)18-14-8-4-2-6-12(14)10-19/h2-9,11,19H,10H2,1H3,(H,18,20). The molecule has 2 N–H and O–H groups in total. The van der Waals surface area contributed by atoms with E-state index in [0.29, 0.717) is 22.0 Å². The molecule has 0 saturated carbocycles. The van der Waals surface area contributed by atoms with Gasteiger partial charge < -0.3 is 15.2 Å². The fraction of sp³-hybridized carbons (Fsp3) is 0.188. The zero-order valence-electron chi connectivity index (χ0n) is 11.5. The number of benzene rings is 2. The molecule has 2 aromatic carbocycles. The van der Waals surface area contributed by atoms with Gasteiger partial charge in [-0.25, -0.2) is 0 Å². The number of halogens is 1. The lowest BCUT2D eigenvalue weighted by atomic mass is 10.2. The van der Waals surface area contributed by atoms with Crippen molar-refractivity contribution in [1.29, 1.82) is 0 Å². The lowest BCUT2D eigenvalue weighted by Crippen LogP contribution is -2.30. The van der Waals surface area contributed by atoms with Crippen LogP contribution in [0.3, 0.4) is 0 Å². The fourth-order valence-electron chi connectivity index (χ4n) is 1.80. The topological polar surface area (TPSA) is 58.6 Å². The summed E-state index contributed by atoms with van der Waals surface area (Å²) in [6.45, 7) is 1.50. The Morgan fingerprint density at radius 1 is 1.24 bits per heavy atom. The molecular weight excluding hydrogens is 290 g/mol. The minimum absolute atomic E-state index is 0.143. The maximum Gasteiger partial charge on any atom is 0.265 e. The van der Waals surface area contributed by atoms with Gasteiger partial charge in [0, 0.05) is 11.3 Å². The Morgan fingerprint density at radius 3 is 2.62 bits per heavy atom. The molecule has 21 heavy (non-hydrogen) atoms. The Morgan fingerprint density at radius 2 is 1.90 bits per heavy atom. The second-order valence-electron chi connectivity index (χ2n) is 4.50. The van der Waals surface area contributed by atoms with Gasteiger partial charge in [-0.1, -0.05) is 41.9 Å². The van der Waals surface area contributed by atoms with Crippen LogP contribution >= 0.6 is 11.6 Å². The molecule has 0 aliphatic heterocycles. The van der Waals surface area contributed by atoms with Crippen LogP contribution in [0.1, 0.15) is 12.5 Å². The average molecular weight is 306 g/mol. The van der Waals surface area contributed by atoms with E-state index >= 15 is 0 Å². The second-order valence-corrected chi connectivity index (χ2v) is 4.90. The smallest absolute Gasteiger partial charge is 0.265 e. The van der Waals surface area contributed by atoms with Crippen molar-refractivity contribution in [2.45, 2.75) is 19.6 Å². The molecule has 0 saturated heterocycles. The Labute approximate surface area is 128 Å². The van der Waals surface area contributed by atoms with Gasteiger partial charge in [-0.15, -0.1) is 0 Å². The summed E-state index contributed by atoms with van der Waals surface area (Å²) >= 11 is 5.99. The third-order valence-electron chi connectivity index (χ3n) is 2.96. The van der Waals surface area contributed by atoms with E-state index in [-0.39, 0.29) is 12.5 Å². The van der Waals surface area contributed by atoms with Gasteiger partial charge in [-0.05, 0) is 25.1 Å². The van der Waals surface area contributed by atoms with Gasteiger partial charge in [0.15, 0.2) is 6.10 Å². The zero-order chi connectivity index (χ0) is 15.2. The normalized spacial score (nSPS) is 11.8. The van der Waals surface area contributed by atoms with Gasteiger partial charge in [0.25, 0.3) is 5.91 Å². The minimum atomic E-state index is -0.711. The molecule has 2 rings (SSSR count). The second kappa shape index (κ2) is 7.11. The lowest BCUT2D eigenvalue weighted by molar-refractivity contribution is -0.122. The Kier molecular flexibility index (Phi) is 5.20. The predicted molar refractivity (Wildman–Crippen MR) is 82.5 cm³/mol. The number of aliphatic hydroxyl groups is 1. The summed E-state index contributed by atoms with van der Waals surface area (Å²) in [6.07, 6.45) is -0.711. The highest BCUT2D eigenvalue weighted by Gasteiger charge is 2.17. The molecule has 1 amide bonds. The molecule has 0 spiro atoms. The number of rotatable bonds is 5. The van der Waals surface area contributed by atoms with Crippen molar-refractivity contribution in [3.05, 3.63) is 59.1 Å². The SMILES string of the molecule is CC(Oc1ccccc1Cl)C(=O)Nc1ccccc1CO. The Balaban J connectivity index is 2.05. The predicted octanol–water partition coefficient (Wildman–Crippen LogP) is 3.24. The molecule has 110 valence electrons. The number of anilines is 1. The van der Waals surface area contributed by atoms with Crippen LogP contribution in [0.4, 0.5) is 5.69 Å². The van der Waals surface area contributed by atoms with Crippen LogP contribution in [0.5, 0.6) is 5.75 Å². The number of nitrogens with one attached hydrogen (secondary N) is 1. The number of amides is 1. The first kappa shape index (κ1) is 15.4. The van der Waals surface area contributed by atoms with Gasteiger partial charge in [-0.3, -0.25) is 4.79 Å². The van der Waals surface area contributed by atoms with E-state index in [0.717, 1.165) is 0 Å². The number of hydrogen-bond donors (Lipinski definition) is 2. The zero-order valence-corrected chi connectivity index (χ0v) is 12.3. The van der Waals surface area contributed by atoms with Crippen molar-refractivity contribution < 1.29 is 14.6 Å². The van der Waals surface area contributed by atoms with E-state index in [4.69, 9.17) is 16.3 Å². The van der Waals surface area contributed by atoms with E-state index in [1.807, 2.05) is 0 Å². The first-order chi connectivity index (χ1) is 10.1. The van der Waals surface area contributed by atoms with E-state index < -0.39 is 6.10 Å². The van der Waals surface area contributed by atoms with Crippen LogP contribution in [0.2, 0.25) is 5.02 Å². The highest BCUT2D eigenvalue weighted by atomic mass is 35.5. The molecule has 0 aliphatic rings. The monoisotopic (exact) mass is 305 g/mol. The molecule has 2 aromatic rings. The summed E-state index contributed by atoms with van der Waals surface area (Å²) < 4.78 is 5.55. The molecule has 0 bridgehead atoms. The summed E-state index contributed by atoms with van der Waals surface area (Å²) in [6, 6.07) is 14.0. The van der Waals surface area contributed by atoms with Crippen molar-refractivity contribution >= 4 is 23.2 Å². The van der Waals surface area contributed by atoms with Crippen molar-refractivity contribution in [3.8, 4) is 5.75 Å². The highest BCUT2D eigenvalue weighted by molar-refractivity contribution is 6.32. The number of ether oxygens (including phenoxy) is 1. The fourth-order valence-corrected chi connectivity index (χ4v) is 1.98. The Hall–Kier alpha value is -2.04. The van der Waals surface area contributed by atoms with Crippen LogP contribution in [0, 0.1) is 0 Å². The molecule has 0 radical (unpaired) electrons. The number of carbonyl (C=O) groups excluding carboxylic acids is 1. The molecular formula is C16H16ClNO3. The Bertz CT molecular complexity index is 630. The largest absolute Gasteiger partial charge is 0.479 e. The minimum Gasteiger partial charge on any atom is -0.479 e. The molecule has 5 heteroatoms. The van der Waals surface area contributed by atoms with Crippen LogP contribution < -0.4 is 10.1 Å².